The first-order valence-corrected chi connectivity index (χ1v) is 7.89. The van der Waals surface area contributed by atoms with Crippen LogP contribution < -0.4 is 0 Å². The number of halogens is 2. The Hall–Kier alpha value is 0.757. The smallest absolute Gasteiger partial charge is 0.301 e. The molecule has 0 aromatic heterocycles. The maximum atomic E-state index is 6.12. The van der Waals surface area contributed by atoms with E-state index < -0.39 is 6.86 Å². The molecule has 0 aliphatic carbocycles. The lowest BCUT2D eigenvalue weighted by molar-refractivity contribution is 0.483. The van der Waals surface area contributed by atoms with Crippen molar-refractivity contribution in [1.82, 2.24) is 4.57 Å². The van der Waals surface area contributed by atoms with Gasteiger partial charge in [-0.2, -0.15) is 0 Å². The fourth-order valence-corrected chi connectivity index (χ4v) is 3.72. The van der Waals surface area contributed by atoms with E-state index in [1.54, 1.807) is 0 Å². The zero-order valence-corrected chi connectivity index (χ0v) is 9.34. The Balaban J connectivity index is 3.97. The van der Waals surface area contributed by atoms with Crippen LogP contribution in [0.2, 0.25) is 6.04 Å². The minimum absolute atomic E-state index is 0.901. The van der Waals surface area contributed by atoms with Crippen molar-refractivity contribution in [3.63, 3.8) is 0 Å². The molecule has 10 heavy (non-hydrogen) atoms. The van der Waals surface area contributed by atoms with Crippen LogP contribution in [0.15, 0.2) is 0 Å². The quantitative estimate of drug-likeness (QED) is 0.498. The molecule has 0 rings (SSSR count). The van der Waals surface area contributed by atoms with Crippen LogP contribution in [0.3, 0.4) is 0 Å². The van der Waals surface area contributed by atoms with Gasteiger partial charge in [0.25, 0.3) is 0 Å². The van der Waals surface area contributed by atoms with Gasteiger partial charge >= 0.3 is 6.86 Å². The third-order valence-corrected chi connectivity index (χ3v) is 7.10. The molecular formula is C6H15Cl2NSi. The van der Waals surface area contributed by atoms with Gasteiger partial charge in [-0.3, -0.25) is 0 Å². The van der Waals surface area contributed by atoms with E-state index in [0.717, 1.165) is 19.1 Å². The first-order valence-electron chi connectivity index (χ1n) is 3.71. The molecule has 0 fully saturated rings. The molecule has 0 bridgehead atoms. The van der Waals surface area contributed by atoms with E-state index in [4.69, 9.17) is 22.2 Å². The Morgan fingerprint density at radius 1 is 1.10 bits per heavy atom. The van der Waals surface area contributed by atoms with E-state index >= 15 is 0 Å². The normalized spacial score (nSPS) is 12.6. The summed E-state index contributed by atoms with van der Waals surface area (Å²) in [4.78, 5) is 0. The van der Waals surface area contributed by atoms with E-state index in [9.17, 15) is 0 Å². The van der Waals surface area contributed by atoms with Crippen molar-refractivity contribution in [1.29, 1.82) is 0 Å². The van der Waals surface area contributed by atoms with Gasteiger partial charge < -0.3 is 4.57 Å². The third-order valence-electron chi connectivity index (χ3n) is 1.65. The van der Waals surface area contributed by atoms with Gasteiger partial charge in [-0.05, 0) is 19.1 Å². The summed E-state index contributed by atoms with van der Waals surface area (Å²) < 4.78 is 2.16. The van der Waals surface area contributed by atoms with Gasteiger partial charge in [-0.15, -0.1) is 22.2 Å². The predicted molar refractivity (Wildman–Crippen MR) is 50.9 cm³/mol. The zero-order chi connectivity index (χ0) is 8.20. The lowest BCUT2D eigenvalue weighted by Crippen LogP contribution is -2.43. The highest BCUT2D eigenvalue weighted by Gasteiger charge is 2.31. The van der Waals surface area contributed by atoms with Crippen molar-refractivity contribution in [2.45, 2.75) is 26.8 Å². The molecule has 0 saturated carbocycles. The van der Waals surface area contributed by atoms with Crippen LogP contribution >= 0.6 is 22.2 Å². The molecule has 0 amide bonds. The Morgan fingerprint density at radius 2 is 1.50 bits per heavy atom. The van der Waals surface area contributed by atoms with Crippen LogP contribution in [0.1, 0.15) is 20.8 Å². The molecule has 0 unspecified atom stereocenters. The van der Waals surface area contributed by atoms with Crippen molar-refractivity contribution in [3.05, 3.63) is 0 Å². The van der Waals surface area contributed by atoms with Crippen LogP contribution in [0.4, 0.5) is 0 Å². The fourth-order valence-electron chi connectivity index (χ4n) is 0.910. The fraction of sp³-hybridized carbons (Fsp3) is 1.00. The number of hydrogen-bond acceptors (Lipinski definition) is 1. The van der Waals surface area contributed by atoms with Crippen molar-refractivity contribution >= 4 is 29.0 Å². The SMILES string of the molecule is CCN(CC)[Si](Cl)(Cl)CC. The molecule has 0 spiro atoms. The largest absolute Gasteiger partial charge is 0.324 e. The molecule has 0 aromatic carbocycles. The predicted octanol–water partition coefficient (Wildman–Crippen LogP) is 2.76. The minimum Gasteiger partial charge on any atom is -0.301 e. The summed E-state index contributed by atoms with van der Waals surface area (Å²) in [5, 5.41) is 0. The first-order chi connectivity index (χ1) is 4.58. The molecule has 0 heterocycles. The van der Waals surface area contributed by atoms with E-state index in [2.05, 4.69) is 18.4 Å². The van der Waals surface area contributed by atoms with Crippen LogP contribution in [0.25, 0.3) is 0 Å². The summed E-state index contributed by atoms with van der Waals surface area (Å²) in [6, 6.07) is 0.901. The van der Waals surface area contributed by atoms with Gasteiger partial charge in [0.1, 0.15) is 0 Å². The second-order valence-electron chi connectivity index (χ2n) is 2.19. The van der Waals surface area contributed by atoms with Crippen molar-refractivity contribution in [2.75, 3.05) is 13.1 Å². The molecule has 0 saturated heterocycles. The number of rotatable bonds is 4. The minimum atomic E-state index is -2.03. The van der Waals surface area contributed by atoms with E-state index in [0.29, 0.717) is 0 Å². The Labute approximate surface area is 73.8 Å². The van der Waals surface area contributed by atoms with Crippen LogP contribution in [-0.2, 0) is 0 Å². The summed E-state index contributed by atoms with van der Waals surface area (Å²) in [5.41, 5.74) is 0. The van der Waals surface area contributed by atoms with E-state index in [1.807, 2.05) is 6.92 Å². The molecule has 0 radical (unpaired) electrons. The Kier molecular flexibility index (Phi) is 4.95. The highest BCUT2D eigenvalue weighted by atomic mass is 35.7. The van der Waals surface area contributed by atoms with Crippen molar-refractivity contribution < 1.29 is 0 Å². The standard InChI is InChI=1S/C6H15Cl2NSi/c1-4-9(5-2)10(7,8)6-3/h4-6H2,1-3H3. The molecule has 0 aromatic rings. The van der Waals surface area contributed by atoms with Crippen LogP contribution in [0.5, 0.6) is 0 Å². The lowest BCUT2D eigenvalue weighted by Gasteiger charge is -2.28. The monoisotopic (exact) mass is 199 g/mol. The molecule has 0 N–H and O–H groups in total. The topological polar surface area (TPSA) is 3.24 Å². The molecular weight excluding hydrogens is 185 g/mol. The van der Waals surface area contributed by atoms with Gasteiger partial charge in [-0.1, -0.05) is 20.8 Å². The molecule has 1 nitrogen and oxygen atoms in total. The van der Waals surface area contributed by atoms with Gasteiger partial charge in [0.2, 0.25) is 0 Å². The van der Waals surface area contributed by atoms with Crippen molar-refractivity contribution in [2.24, 2.45) is 0 Å². The molecule has 0 atom stereocenters. The molecule has 4 heteroatoms. The van der Waals surface area contributed by atoms with E-state index in [1.165, 1.54) is 0 Å². The second-order valence-corrected chi connectivity index (χ2v) is 9.19. The number of nitrogens with zero attached hydrogens (tertiary/aromatic N) is 1. The Bertz CT molecular complexity index is 93.7. The Morgan fingerprint density at radius 3 is 1.60 bits per heavy atom. The second kappa shape index (κ2) is 4.60. The average molecular weight is 200 g/mol. The maximum Gasteiger partial charge on any atom is 0.324 e. The third kappa shape index (κ3) is 2.78. The summed E-state index contributed by atoms with van der Waals surface area (Å²) in [5.74, 6) is 0. The van der Waals surface area contributed by atoms with Crippen LogP contribution in [-0.4, -0.2) is 24.5 Å². The van der Waals surface area contributed by atoms with E-state index in [-0.39, 0.29) is 0 Å². The summed E-state index contributed by atoms with van der Waals surface area (Å²) >= 11 is 12.2. The summed E-state index contributed by atoms with van der Waals surface area (Å²) in [6.45, 7) is 6.12. The van der Waals surface area contributed by atoms with Gasteiger partial charge in [0, 0.05) is 0 Å². The highest BCUT2D eigenvalue weighted by Crippen LogP contribution is 2.23. The lowest BCUT2D eigenvalue weighted by atomic mass is 10.7. The molecule has 62 valence electrons. The first kappa shape index (κ1) is 10.8. The van der Waals surface area contributed by atoms with Crippen molar-refractivity contribution in [3.8, 4) is 0 Å². The molecule has 0 aliphatic rings. The highest BCUT2D eigenvalue weighted by molar-refractivity contribution is 7.44. The van der Waals surface area contributed by atoms with Gasteiger partial charge in [0.15, 0.2) is 0 Å². The maximum absolute atomic E-state index is 6.12. The summed E-state index contributed by atoms with van der Waals surface area (Å²) in [6.07, 6.45) is 0. The van der Waals surface area contributed by atoms with Gasteiger partial charge in [-0.25, -0.2) is 0 Å². The van der Waals surface area contributed by atoms with Gasteiger partial charge in [0.05, 0.1) is 0 Å². The average Bonchev–Trinajstić information content (AvgIpc) is 1.90. The zero-order valence-electron chi connectivity index (χ0n) is 6.82. The summed E-state index contributed by atoms with van der Waals surface area (Å²) in [7, 11) is 0. The number of hydrogen-bond donors (Lipinski definition) is 0. The molecule has 0 aliphatic heterocycles. The van der Waals surface area contributed by atoms with Crippen LogP contribution in [0, 0.1) is 0 Å².